The Hall–Kier alpha value is -3.34. The fraction of sp³-hybridized carbons (Fsp3) is 0.250. The predicted molar refractivity (Wildman–Crippen MR) is 116 cm³/mol. The highest BCUT2D eigenvalue weighted by Crippen LogP contribution is 2.34. The summed E-state index contributed by atoms with van der Waals surface area (Å²) in [5.74, 6) is 1.25. The average molecular weight is 384 g/mol. The lowest BCUT2D eigenvalue weighted by molar-refractivity contribution is 0.474. The molecule has 2 N–H and O–H groups in total. The molecule has 0 spiro atoms. The Kier molecular flexibility index (Phi) is 4.23. The van der Waals surface area contributed by atoms with Crippen LogP contribution in [0.2, 0.25) is 0 Å². The number of fused-ring (bicyclic) bond motifs is 2. The number of phenols is 1. The molecule has 1 aliphatic rings. The van der Waals surface area contributed by atoms with Crippen molar-refractivity contribution in [3.63, 3.8) is 0 Å². The Labute approximate surface area is 170 Å². The molecule has 3 heterocycles. The van der Waals surface area contributed by atoms with Gasteiger partial charge in [0.2, 0.25) is 0 Å². The van der Waals surface area contributed by atoms with Crippen LogP contribution >= 0.6 is 0 Å². The Bertz CT molecular complexity index is 1210. The number of hydrogen-bond acceptors (Lipinski definition) is 4. The van der Waals surface area contributed by atoms with Gasteiger partial charge in [-0.15, -0.1) is 0 Å². The van der Waals surface area contributed by atoms with Crippen molar-refractivity contribution in [1.29, 1.82) is 0 Å². The van der Waals surface area contributed by atoms with E-state index >= 15 is 0 Å². The zero-order valence-electron chi connectivity index (χ0n) is 16.7. The van der Waals surface area contributed by atoms with Gasteiger partial charge < -0.3 is 10.0 Å². The third-order valence-electron chi connectivity index (χ3n) is 5.84. The number of aromatic hydroxyl groups is 1. The number of anilines is 1. The maximum atomic E-state index is 9.88. The van der Waals surface area contributed by atoms with E-state index in [-0.39, 0.29) is 5.75 Å². The molecule has 2 aromatic heterocycles. The zero-order valence-corrected chi connectivity index (χ0v) is 16.7. The number of H-pyrrole nitrogens is 1. The van der Waals surface area contributed by atoms with Gasteiger partial charge in [0.1, 0.15) is 11.6 Å². The largest absolute Gasteiger partial charge is 0.508 e. The van der Waals surface area contributed by atoms with E-state index in [4.69, 9.17) is 4.98 Å². The van der Waals surface area contributed by atoms with Crippen molar-refractivity contribution in [2.24, 2.45) is 0 Å². The fourth-order valence-corrected chi connectivity index (χ4v) is 4.29. The van der Waals surface area contributed by atoms with Gasteiger partial charge in [0.25, 0.3) is 0 Å². The van der Waals surface area contributed by atoms with Crippen LogP contribution in [0, 0.1) is 6.92 Å². The maximum absolute atomic E-state index is 9.88. The second-order valence-corrected chi connectivity index (χ2v) is 7.80. The molecule has 0 unspecified atom stereocenters. The lowest BCUT2D eigenvalue weighted by Gasteiger charge is -2.30. The molecule has 5 heteroatoms. The number of rotatable bonds is 3. The monoisotopic (exact) mass is 384 g/mol. The molecule has 0 saturated carbocycles. The molecular weight excluding hydrogens is 360 g/mol. The van der Waals surface area contributed by atoms with Crippen molar-refractivity contribution in [3.8, 4) is 17.0 Å². The van der Waals surface area contributed by atoms with Crippen LogP contribution in [0.1, 0.15) is 29.2 Å². The number of aromatic nitrogens is 3. The minimum atomic E-state index is 0.288. The zero-order chi connectivity index (χ0) is 20.0. The van der Waals surface area contributed by atoms with Crippen molar-refractivity contribution in [2.45, 2.75) is 33.2 Å². The highest BCUT2D eigenvalue weighted by atomic mass is 16.3. The Morgan fingerprint density at radius 2 is 2.00 bits per heavy atom. The van der Waals surface area contributed by atoms with E-state index in [9.17, 15) is 5.11 Å². The summed E-state index contributed by atoms with van der Waals surface area (Å²) in [6.07, 6.45) is 3.71. The Morgan fingerprint density at radius 1 is 1.10 bits per heavy atom. The van der Waals surface area contributed by atoms with Gasteiger partial charge in [-0.05, 0) is 60.7 Å². The van der Waals surface area contributed by atoms with E-state index in [0.29, 0.717) is 0 Å². The van der Waals surface area contributed by atoms with E-state index in [1.807, 2.05) is 18.3 Å². The molecule has 0 bridgehead atoms. The summed E-state index contributed by atoms with van der Waals surface area (Å²) >= 11 is 0. The summed E-state index contributed by atoms with van der Waals surface area (Å²) in [6, 6.07) is 14.3. The van der Waals surface area contributed by atoms with Crippen LogP contribution in [0.25, 0.3) is 22.2 Å². The number of aryl methyl sites for hydroxylation is 2. The van der Waals surface area contributed by atoms with Gasteiger partial charge in [0.05, 0.1) is 22.8 Å². The molecule has 0 saturated heterocycles. The molecule has 5 nitrogen and oxygen atoms in total. The van der Waals surface area contributed by atoms with E-state index in [0.717, 1.165) is 59.5 Å². The van der Waals surface area contributed by atoms with Crippen LogP contribution in [0.15, 0.2) is 48.7 Å². The number of hydrogen-bond donors (Lipinski definition) is 2. The minimum absolute atomic E-state index is 0.288. The van der Waals surface area contributed by atoms with Crippen molar-refractivity contribution >= 4 is 16.7 Å². The molecule has 146 valence electrons. The van der Waals surface area contributed by atoms with Gasteiger partial charge in [-0.2, -0.15) is 5.10 Å². The first kappa shape index (κ1) is 17.7. The van der Waals surface area contributed by atoms with Crippen LogP contribution < -0.4 is 4.90 Å². The molecule has 1 aliphatic heterocycles. The molecular formula is C24H24N4O. The number of benzene rings is 2. The van der Waals surface area contributed by atoms with E-state index in [1.54, 1.807) is 6.07 Å². The van der Waals surface area contributed by atoms with Gasteiger partial charge in [-0.3, -0.25) is 5.10 Å². The molecule has 4 aromatic rings. The average Bonchev–Trinajstić information content (AvgIpc) is 3.21. The summed E-state index contributed by atoms with van der Waals surface area (Å²) in [4.78, 5) is 7.43. The van der Waals surface area contributed by atoms with Gasteiger partial charge in [-0.1, -0.05) is 30.7 Å². The standard InChI is InChI=1S/C24H24N4O/c1-3-16-11-19(29)6-7-20(16)22-12-23-21(13-25-27-23)24(26-22)28-9-8-17-10-15(2)4-5-18(17)14-28/h4-7,10-13,29H,3,8-9,14H2,1-2H3,(H,25,27). The molecule has 0 atom stereocenters. The first-order valence-corrected chi connectivity index (χ1v) is 10.1. The molecule has 0 aliphatic carbocycles. The third-order valence-corrected chi connectivity index (χ3v) is 5.84. The lowest BCUT2D eigenvalue weighted by atomic mass is 9.97. The number of nitrogens with zero attached hydrogens (tertiary/aromatic N) is 3. The number of phenolic OH excluding ortho intramolecular Hbond substituents is 1. The summed E-state index contributed by atoms with van der Waals surface area (Å²) in [5, 5.41) is 18.3. The summed E-state index contributed by atoms with van der Waals surface area (Å²) in [6.45, 7) is 6.03. The third kappa shape index (κ3) is 3.12. The number of aromatic amines is 1. The van der Waals surface area contributed by atoms with Crippen molar-refractivity contribution in [1.82, 2.24) is 15.2 Å². The molecule has 0 fully saturated rings. The smallest absolute Gasteiger partial charge is 0.140 e. The predicted octanol–water partition coefficient (Wildman–Crippen LogP) is 4.76. The normalized spacial score (nSPS) is 13.7. The first-order valence-electron chi connectivity index (χ1n) is 10.1. The first-order chi connectivity index (χ1) is 14.1. The van der Waals surface area contributed by atoms with Crippen LogP contribution in [0.3, 0.4) is 0 Å². The van der Waals surface area contributed by atoms with Gasteiger partial charge >= 0.3 is 0 Å². The molecule has 5 rings (SSSR count). The van der Waals surface area contributed by atoms with Crippen LogP contribution in [0.4, 0.5) is 5.82 Å². The SMILES string of the molecule is CCc1cc(O)ccc1-c1cc2[nH]ncc2c(N2CCc3cc(C)ccc3C2)n1. The highest BCUT2D eigenvalue weighted by Gasteiger charge is 2.21. The van der Waals surface area contributed by atoms with Crippen LogP contribution in [-0.4, -0.2) is 26.8 Å². The highest BCUT2D eigenvalue weighted by molar-refractivity contribution is 5.92. The molecule has 0 amide bonds. The topological polar surface area (TPSA) is 65.0 Å². The van der Waals surface area contributed by atoms with E-state index in [1.165, 1.54) is 16.7 Å². The summed E-state index contributed by atoms with van der Waals surface area (Å²) in [5.41, 5.74) is 8.14. The Morgan fingerprint density at radius 3 is 2.86 bits per heavy atom. The molecule has 29 heavy (non-hydrogen) atoms. The van der Waals surface area contributed by atoms with Crippen LogP contribution in [-0.2, 0) is 19.4 Å². The van der Waals surface area contributed by atoms with E-state index < -0.39 is 0 Å². The van der Waals surface area contributed by atoms with Crippen molar-refractivity contribution < 1.29 is 5.11 Å². The van der Waals surface area contributed by atoms with Gasteiger partial charge in [0, 0.05) is 18.7 Å². The quantitative estimate of drug-likeness (QED) is 0.534. The van der Waals surface area contributed by atoms with Gasteiger partial charge in [-0.25, -0.2) is 4.98 Å². The van der Waals surface area contributed by atoms with Crippen molar-refractivity contribution in [3.05, 3.63) is 70.9 Å². The second kappa shape index (κ2) is 6.92. The second-order valence-electron chi connectivity index (χ2n) is 7.80. The minimum Gasteiger partial charge on any atom is -0.508 e. The van der Waals surface area contributed by atoms with Crippen molar-refractivity contribution in [2.75, 3.05) is 11.4 Å². The Balaban J connectivity index is 1.62. The lowest BCUT2D eigenvalue weighted by Crippen LogP contribution is -2.31. The van der Waals surface area contributed by atoms with Gasteiger partial charge in [0.15, 0.2) is 0 Å². The van der Waals surface area contributed by atoms with Crippen LogP contribution in [0.5, 0.6) is 5.75 Å². The van der Waals surface area contributed by atoms with E-state index in [2.05, 4.69) is 53.2 Å². The maximum Gasteiger partial charge on any atom is 0.140 e. The fourth-order valence-electron chi connectivity index (χ4n) is 4.29. The number of pyridine rings is 1. The number of nitrogens with one attached hydrogen (secondary N) is 1. The summed E-state index contributed by atoms with van der Waals surface area (Å²) in [7, 11) is 0. The summed E-state index contributed by atoms with van der Waals surface area (Å²) < 4.78 is 0. The molecule has 2 aromatic carbocycles. The molecule has 0 radical (unpaired) electrons.